The van der Waals surface area contributed by atoms with Crippen molar-refractivity contribution in [1.82, 2.24) is 10.6 Å². The lowest BCUT2D eigenvalue weighted by Gasteiger charge is -2.20. The molecular formula is C16H24N2O2. The van der Waals surface area contributed by atoms with Crippen molar-refractivity contribution in [3.8, 4) is 0 Å². The van der Waals surface area contributed by atoms with E-state index in [1.807, 2.05) is 31.7 Å². The summed E-state index contributed by atoms with van der Waals surface area (Å²) in [6, 6.07) is 4.73. The van der Waals surface area contributed by atoms with E-state index in [2.05, 4.69) is 17.6 Å². The van der Waals surface area contributed by atoms with Gasteiger partial charge in [-0.05, 0) is 45.0 Å². The smallest absolute Gasteiger partial charge is 0.0950 e. The molecule has 0 aliphatic carbocycles. The molecule has 2 rings (SSSR count). The molecule has 0 aliphatic rings. The van der Waals surface area contributed by atoms with Gasteiger partial charge in [-0.25, -0.2) is 0 Å². The molecule has 0 aromatic carbocycles. The molecule has 4 nitrogen and oxygen atoms in total. The summed E-state index contributed by atoms with van der Waals surface area (Å²) in [5.41, 5.74) is 2.43. The van der Waals surface area contributed by atoms with Crippen molar-refractivity contribution in [2.24, 2.45) is 0 Å². The molecule has 2 atom stereocenters. The Morgan fingerprint density at radius 2 is 1.60 bits per heavy atom. The van der Waals surface area contributed by atoms with E-state index >= 15 is 0 Å². The number of rotatable bonds is 9. The van der Waals surface area contributed by atoms with Crippen molar-refractivity contribution in [3.63, 3.8) is 0 Å². The zero-order valence-corrected chi connectivity index (χ0v) is 12.3. The Labute approximate surface area is 120 Å². The molecule has 2 unspecified atom stereocenters. The predicted octanol–water partition coefficient (Wildman–Crippen LogP) is 3.65. The van der Waals surface area contributed by atoms with Gasteiger partial charge in [0.2, 0.25) is 0 Å². The van der Waals surface area contributed by atoms with Crippen molar-refractivity contribution in [2.45, 2.75) is 38.3 Å². The van der Waals surface area contributed by atoms with Crippen LogP contribution in [-0.2, 0) is 0 Å². The third-order valence-electron chi connectivity index (χ3n) is 3.62. The van der Waals surface area contributed by atoms with Gasteiger partial charge in [-0.1, -0.05) is 6.92 Å². The molecule has 2 N–H and O–H groups in total. The maximum Gasteiger partial charge on any atom is 0.0950 e. The van der Waals surface area contributed by atoms with Crippen LogP contribution in [0.5, 0.6) is 0 Å². The molecule has 2 aromatic rings. The Kier molecular flexibility index (Phi) is 5.89. The summed E-state index contributed by atoms with van der Waals surface area (Å²) >= 11 is 0. The number of hydrogen-bond acceptors (Lipinski definition) is 4. The fourth-order valence-corrected chi connectivity index (χ4v) is 2.46. The topological polar surface area (TPSA) is 50.3 Å². The largest absolute Gasteiger partial charge is 0.472 e. The van der Waals surface area contributed by atoms with Crippen LogP contribution >= 0.6 is 0 Å². The van der Waals surface area contributed by atoms with E-state index < -0.39 is 0 Å². The Bertz CT molecular complexity index is 451. The van der Waals surface area contributed by atoms with Gasteiger partial charge >= 0.3 is 0 Å². The molecule has 0 radical (unpaired) electrons. The maximum atomic E-state index is 5.21. The van der Waals surface area contributed by atoms with Crippen molar-refractivity contribution >= 4 is 0 Å². The van der Waals surface area contributed by atoms with Crippen LogP contribution in [0.1, 0.15) is 49.4 Å². The lowest BCUT2D eigenvalue weighted by atomic mass is 9.98. The number of hydrogen-bond donors (Lipinski definition) is 2. The van der Waals surface area contributed by atoms with E-state index in [4.69, 9.17) is 8.83 Å². The van der Waals surface area contributed by atoms with Gasteiger partial charge in [0.15, 0.2) is 0 Å². The van der Waals surface area contributed by atoms with E-state index in [-0.39, 0.29) is 0 Å². The molecule has 4 heteroatoms. The molecule has 0 saturated carbocycles. The third kappa shape index (κ3) is 3.99. The molecule has 20 heavy (non-hydrogen) atoms. The molecule has 0 aliphatic heterocycles. The van der Waals surface area contributed by atoms with Gasteiger partial charge in [0.1, 0.15) is 0 Å². The van der Waals surface area contributed by atoms with Crippen LogP contribution in [-0.4, -0.2) is 13.6 Å². The van der Waals surface area contributed by atoms with Crippen LogP contribution < -0.4 is 10.6 Å². The first-order chi connectivity index (χ1) is 9.85. The Morgan fingerprint density at radius 1 is 1.00 bits per heavy atom. The lowest BCUT2D eigenvalue weighted by molar-refractivity contribution is 0.429. The second kappa shape index (κ2) is 7.92. The summed E-state index contributed by atoms with van der Waals surface area (Å²) in [6.45, 7) is 3.20. The molecule has 0 spiro atoms. The van der Waals surface area contributed by atoms with Crippen molar-refractivity contribution in [2.75, 3.05) is 13.6 Å². The average molecular weight is 276 g/mol. The highest BCUT2D eigenvalue weighted by molar-refractivity contribution is 5.14. The lowest BCUT2D eigenvalue weighted by Crippen LogP contribution is -2.24. The standard InChI is InChI=1S/C16H24N2O2/c1-3-8-18-16(14-7-10-20-12-14)5-4-15(17-2)13-6-9-19-11-13/h6-7,9-12,15-18H,3-5,8H2,1-2H3. The first-order valence-electron chi connectivity index (χ1n) is 7.30. The minimum absolute atomic E-state index is 0.326. The summed E-state index contributed by atoms with van der Waals surface area (Å²) in [6.07, 6.45) is 10.3. The quantitative estimate of drug-likeness (QED) is 0.734. The molecule has 2 aromatic heterocycles. The SMILES string of the molecule is CCCNC(CCC(NC)c1ccoc1)c1ccoc1. The van der Waals surface area contributed by atoms with Crippen molar-refractivity contribution in [3.05, 3.63) is 48.3 Å². The van der Waals surface area contributed by atoms with Gasteiger partial charge in [0.05, 0.1) is 25.1 Å². The van der Waals surface area contributed by atoms with Gasteiger partial charge in [-0.15, -0.1) is 0 Å². The van der Waals surface area contributed by atoms with E-state index in [0.717, 1.165) is 25.8 Å². The summed E-state index contributed by atoms with van der Waals surface area (Å²) in [5, 5.41) is 6.94. The molecule has 0 bridgehead atoms. The average Bonchev–Trinajstić information content (AvgIpc) is 3.15. The van der Waals surface area contributed by atoms with Crippen molar-refractivity contribution < 1.29 is 8.83 Å². The Morgan fingerprint density at radius 3 is 2.10 bits per heavy atom. The number of furan rings is 2. The van der Waals surface area contributed by atoms with E-state index in [0.29, 0.717) is 12.1 Å². The molecule has 2 heterocycles. The highest BCUT2D eigenvalue weighted by Crippen LogP contribution is 2.25. The first-order valence-corrected chi connectivity index (χ1v) is 7.30. The van der Waals surface area contributed by atoms with Crippen LogP contribution in [0.4, 0.5) is 0 Å². The zero-order chi connectivity index (χ0) is 14.2. The van der Waals surface area contributed by atoms with Crippen LogP contribution in [0.2, 0.25) is 0 Å². The van der Waals surface area contributed by atoms with Crippen LogP contribution in [0.25, 0.3) is 0 Å². The normalized spacial score (nSPS) is 14.3. The van der Waals surface area contributed by atoms with Gasteiger partial charge in [-0.3, -0.25) is 0 Å². The molecular weight excluding hydrogens is 252 g/mol. The summed E-state index contributed by atoms with van der Waals surface area (Å²) in [7, 11) is 1.99. The second-order valence-electron chi connectivity index (χ2n) is 5.04. The summed E-state index contributed by atoms with van der Waals surface area (Å²) < 4.78 is 10.4. The zero-order valence-electron chi connectivity index (χ0n) is 12.3. The summed E-state index contributed by atoms with van der Waals surface area (Å²) in [4.78, 5) is 0. The van der Waals surface area contributed by atoms with Crippen molar-refractivity contribution in [1.29, 1.82) is 0 Å². The first kappa shape index (κ1) is 14.9. The van der Waals surface area contributed by atoms with Crippen LogP contribution in [0.15, 0.2) is 46.0 Å². The second-order valence-corrected chi connectivity index (χ2v) is 5.04. The fraction of sp³-hybridized carbons (Fsp3) is 0.500. The molecule has 0 saturated heterocycles. The van der Waals surface area contributed by atoms with E-state index in [1.54, 1.807) is 12.5 Å². The molecule has 0 amide bonds. The summed E-state index contributed by atoms with van der Waals surface area (Å²) in [5.74, 6) is 0. The van der Waals surface area contributed by atoms with Gasteiger partial charge in [-0.2, -0.15) is 0 Å². The van der Waals surface area contributed by atoms with Gasteiger partial charge in [0, 0.05) is 23.2 Å². The van der Waals surface area contributed by atoms with Gasteiger partial charge < -0.3 is 19.5 Å². The third-order valence-corrected chi connectivity index (χ3v) is 3.62. The number of nitrogens with one attached hydrogen (secondary N) is 2. The Hall–Kier alpha value is -1.52. The monoisotopic (exact) mass is 276 g/mol. The minimum atomic E-state index is 0.326. The maximum absolute atomic E-state index is 5.21. The highest BCUT2D eigenvalue weighted by atomic mass is 16.3. The van der Waals surface area contributed by atoms with Gasteiger partial charge in [0.25, 0.3) is 0 Å². The highest BCUT2D eigenvalue weighted by Gasteiger charge is 2.16. The van der Waals surface area contributed by atoms with Crippen LogP contribution in [0, 0.1) is 0 Å². The predicted molar refractivity (Wildman–Crippen MR) is 79.5 cm³/mol. The fourth-order valence-electron chi connectivity index (χ4n) is 2.46. The van der Waals surface area contributed by atoms with Crippen LogP contribution in [0.3, 0.4) is 0 Å². The van der Waals surface area contributed by atoms with E-state index in [1.165, 1.54) is 11.1 Å². The minimum Gasteiger partial charge on any atom is -0.472 e. The molecule has 110 valence electrons. The Balaban J connectivity index is 1.93. The van der Waals surface area contributed by atoms with E-state index in [9.17, 15) is 0 Å². The molecule has 0 fully saturated rings.